The van der Waals surface area contributed by atoms with E-state index in [0.29, 0.717) is 17.7 Å². The van der Waals surface area contributed by atoms with Gasteiger partial charge in [0.25, 0.3) is 5.69 Å². The molecule has 0 aliphatic heterocycles. The van der Waals surface area contributed by atoms with Crippen LogP contribution in [0.25, 0.3) is 5.69 Å². The molecule has 2 aromatic rings. The van der Waals surface area contributed by atoms with Crippen LogP contribution in [-0.4, -0.2) is 20.9 Å². The van der Waals surface area contributed by atoms with Gasteiger partial charge in [-0.05, 0) is 18.2 Å². The number of phenolic OH excluding ortho intramolecular Hbond substituents is 1. The summed E-state index contributed by atoms with van der Waals surface area (Å²) in [6.45, 7) is 0. The Morgan fingerprint density at radius 1 is 1.35 bits per heavy atom. The molecule has 1 aromatic heterocycles. The van der Waals surface area contributed by atoms with Crippen LogP contribution in [0.5, 0.6) is 5.75 Å². The van der Waals surface area contributed by atoms with Crippen molar-refractivity contribution in [3.05, 3.63) is 52.3 Å². The van der Waals surface area contributed by atoms with Crippen molar-refractivity contribution in [2.45, 2.75) is 0 Å². The molecule has 0 spiro atoms. The molecule has 0 radical (unpaired) electrons. The summed E-state index contributed by atoms with van der Waals surface area (Å²) < 4.78 is 1.45. The number of nitro benzene ring substituents is 1. The van der Waals surface area contributed by atoms with Crippen LogP contribution < -0.4 is 0 Å². The van der Waals surface area contributed by atoms with Gasteiger partial charge in [0.2, 0.25) is 0 Å². The molecule has 1 aromatic carbocycles. The van der Waals surface area contributed by atoms with E-state index in [2.05, 4.69) is 0 Å². The van der Waals surface area contributed by atoms with E-state index >= 15 is 0 Å². The third kappa shape index (κ3) is 1.87. The highest BCUT2D eigenvalue weighted by Gasteiger charge is 2.12. The summed E-state index contributed by atoms with van der Waals surface area (Å²) in [7, 11) is 0. The molecule has 0 bridgehead atoms. The summed E-state index contributed by atoms with van der Waals surface area (Å²) in [5, 5.41) is 20.2. The zero-order chi connectivity index (χ0) is 12.4. The molecule has 2 rings (SSSR count). The van der Waals surface area contributed by atoms with Gasteiger partial charge in [-0.15, -0.1) is 0 Å². The molecule has 0 atom stereocenters. The van der Waals surface area contributed by atoms with Gasteiger partial charge in [-0.25, -0.2) is 0 Å². The Morgan fingerprint density at radius 2 is 2.12 bits per heavy atom. The highest BCUT2D eigenvalue weighted by molar-refractivity contribution is 5.74. The SMILES string of the molecule is O=Cc1cccn1-c1ccc([N+](=O)[O-])cc1O. The van der Waals surface area contributed by atoms with Crippen molar-refractivity contribution in [3.63, 3.8) is 0 Å². The maximum atomic E-state index is 10.7. The van der Waals surface area contributed by atoms with Crippen LogP contribution in [0.15, 0.2) is 36.5 Å². The first-order valence-electron chi connectivity index (χ1n) is 4.74. The van der Waals surface area contributed by atoms with Crippen molar-refractivity contribution in [1.29, 1.82) is 0 Å². The molecule has 86 valence electrons. The van der Waals surface area contributed by atoms with Gasteiger partial charge >= 0.3 is 0 Å². The molecule has 0 aliphatic rings. The number of hydrogen-bond acceptors (Lipinski definition) is 4. The summed E-state index contributed by atoms with van der Waals surface area (Å²) in [5.74, 6) is -0.251. The smallest absolute Gasteiger partial charge is 0.273 e. The number of non-ortho nitro benzene ring substituents is 1. The fourth-order valence-corrected chi connectivity index (χ4v) is 1.54. The van der Waals surface area contributed by atoms with E-state index < -0.39 is 4.92 Å². The summed E-state index contributed by atoms with van der Waals surface area (Å²) in [6.07, 6.45) is 2.23. The van der Waals surface area contributed by atoms with Gasteiger partial charge in [-0.2, -0.15) is 0 Å². The summed E-state index contributed by atoms with van der Waals surface area (Å²) in [6, 6.07) is 6.92. The first-order valence-corrected chi connectivity index (χ1v) is 4.74. The number of aldehydes is 1. The predicted octanol–water partition coefficient (Wildman–Crippen LogP) is 1.90. The van der Waals surface area contributed by atoms with E-state index in [-0.39, 0.29) is 11.4 Å². The van der Waals surface area contributed by atoms with Gasteiger partial charge in [-0.3, -0.25) is 14.9 Å². The number of phenols is 1. The van der Waals surface area contributed by atoms with E-state index in [1.54, 1.807) is 18.3 Å². The molecular weight excluding hydrogens is 224 g/mol. The normalized spacial score (nSPS) is 10.1. The number of rotatable bonds is 3. The van der Waals surface area contributed by atoms with Crippen molar-refractivity contribution < 1.29 is 14.8 Å². The van der Waals surface area contributed by atoms with Gasteiger partial charge in [0, 0.05) is 12.3 Å². The average molecular weight is 232 g/mol. The number of aromatic hydroxyl groups is 1. The molecular formula is C11H8N2O4. The molecule has 0 amide bonds. The van der Waals surface area contributed by atoms with Crippen molar-refractivity contribution in [2.75, 3.05) is 0 Å². The zero-order valence-corrected chi connectivity index (χ0v) is 8.61. The summed E-state index contributed by atoms with van der Waals surface area (Å²) >= 11 is 0. The van der Waals surface area contributed by atoms with Crippen LogP contribution in [-0.2, 0) is 0 Å². The average Bonchev–Trinajstić information content (AvgIpc) is 2.76. The molecule has 0 aliphatic carbocycles. The van der Waals surface area contributed by atoms with Crippen molar-refractivity contribution in [2.24, 2.45) is 0 Å². The molecule has 6 nitrogen and oxygen atoms in total. The zero-order valence-electron chi connectivity index (χ0n) is 8.61. The number of carbonyl (C=O) groups excluding carboxylic acids is 1. The predicted molar refractivity (Wildman–Crippen MR) is 59.5 cm³/mol. The van der Waals surface area contributed by atoms with E-state index in [4.69, 9.17) is 0 Å². The Bertz CT molecular complexity index is 589. The maximum absolute atomic E-state index is 10.7. The Hall–Kier alpha value is -2.63. The second-order valence-electron chi connectivity index (χ2n) is 3.35. The van der Waals surface area contributed by atoms with E-state index in [1.165, 1.54) is 16.7 Å². The third-order valence-electron chi connectivity index (χ3n) is 2.33. The first kappa shape index (κ1) is 10.9. The van der Waals surface area contributed by atoms with Crippen molar-refractivity contribution in [3.8, 4) is 11.4 Å². The van der Waals surface area contributed by atoms with Crippen molar-refractivity contribution in [1.82, 2.24) is 4.57 Å². The lowest BCUT2D eigenvalue weighted by atomic mass is 10.2. The lowest BCUT2D eigenvalue weighted by Crippen LogP contribution is -1.98. The Balaban J connectivity index is 2.54. The Morgan fingerprint density at radius 3 is 2.71 bits per heavy atom. The molecule has 1 heterocycles. The number of hydrogen-bond donors (Lipinski definition) is 1. The summed E-state index contributed by atoms with van der Waals surface area (Å²) in [4.78, 5) is 20.6. The topological polar surface area (TPSA) is 85.4 Å². The number of nitro groups is 1. The maximum Gasteiger partial charge on any atom is 0.273 e. The number of nitrogens with zero attached hydrogens (tertiary/aromatic N) is 2. The number of aromatic nitrogens is 1. The molecule has 0 saturated carbocycles. The fraction of sp³-hybridized carbons (Fsp3) is 0. The largest absolute Gasteiger partial charge is 0.505 e. The lowest BCUT2D eigenvalue weighted by Gasteiger charge is -2.07. The van der Waals surface area contributed by atoms with E-state index in [0.717, 1.165) is 6.07 Å². The van der Waals surface area contributed by atoms with E-state index in [1.807, 2.05) is 0 Å². The van der Waals surface area contributed by atoms with Gasteiger partial charge < -0.3 is 9.67 Å². The monoisotopic (exact) mass is 232 g/mol. The van der Waals surface area contributed by atoms with Gasteiger partial charge in [-0.1, -0.05) is 0 Å². The van der Waals surface area contributed by atoms with Gasteiger partial charge in [0.05, 0.1) is 22.4 Å². The quantitative estimate of drug-likeness (QED) is 0.497. The van der Waals surface area contributed by atoms with Gasteiger partial charge in [0.15, 0.2) is 6.29 Å². The third-order valence-corrected chi connectivity index (χ3v) is 2.33. The molecule has 1 N–H and O–H groups in total. The van der Waals surface area contributed by atoms with Crippen LogP contribution in [0, 0.1) is 10.1 Å². The second-order valence-corrected chi connectivity index (χ2v) is 3.35. The van der Waals surface area contributed by atoms with Crippen LogP contribution in [0.3, 0.4) is 0 Å². The lowest BCUT2D eigenvalue weighted by molar-refractivity contribution is -0.384. The minimum Gasteiger partial charge on any atom is -0.505 e. The Labute approximate surface area is 95.9 Å². The van der Waals surface area contributed by atoms with Crippen LogP contribution >= 0.6 is 0 Å². The van der Waals surface area contributed by atoms with Crippen LogP contribution in [0.4, 0.5) is 5.69 Å². The molecule has 6 heteroatoms. The van der Waals surface area contributed by atoms with Crippen LogP contribution in [0.2, 0.25) is 0 Å². The van der Waals surface area contributed by atoms with E-state index in [9.17, 15) is 20.0 Å². The second kappa shape index (κ2) is 4.09. The molecule has 17 heavy (non-hydrogen) atoms. The fourth-order valence-electron chi connectivity index (χ4n) is 1.54. The first-order chi connectivity index (χ1) is 8.13. The number of carbonyl (C=O) groups is 1. The standard InChI is InChI=1S/C11H8N2O4/c14-7-9-2-1-5-12(9)10-4-3-8(13(16)17)6-11(10)15/h1-7,15H. The Kier molecular flexibility index (Phi) is 2.61. The minimum atomic E-state index is -0.597. The molecule has 0 saturated heterocycles. The number of benzene rings is 1. The van der Waals surface area contributed by atoms with Crippen LogP contribution in [0.1, 0.15) is 10.5 Å². The summed E-state index contributed by atoms with van der Waals surface area (Å²) in [5.41, 5.74) is 0.475. The highest BCUT2D eigenvalue weighted by atomic mass is 16.6. The molecule has 0 fully saturated rings. The van der Waals surface area contributed by atoms with Gasteiger partial charge in [0.1, 0.15) is 5.75 Å². The highest BCUT2D eigenvalue weighted by Crippen LogP contribution is 2.27. The van der Waals surface area contributed by atoms with Crippen molar-refractivity contribution >= 4 is 12.0 Å². The minimum absolute atomic E-state index is 0.203. The molecule has 0 unspecified atom stereocenters.